The van der Waals surface area contributed by atoms with Crippen LogP contribution in [0.1, 0.15) is 27.8 Å². The van der Waals surface area contributed by atoms with Gasteiger partial charge in [0, 0.05) is 27.8 Å². The van der Waals surface area contributed by atoms with Gasteiger partial charge in [0.05, 0.1) is 0 Å². The Kier molecular flexibility index (Phi) is 4.68. The smallest absolute Gasteiger partial charge is 0.178 e. The van der Waals surface area contributed by atoms with E-state index in [0.717, 1.165) is 33.6 Å². The van der Waals surface area contributed by atoms with Gasteiger partial charge < -0.3 is 4.74 Å². The quantitative estimate of drug-likeness (QED) is 0.362. The minimum Gasteiger partial charge on any atom is -0.473 e. The summed E-state index contributed by atoms with van der Waals surface area (Å²) in [4.78, 5) is 0. The van der Waals surface area contributed by atoms with Gasteiger partial charge in [-0.05, 0) is 36.4 Å². The lowest BCUT2D eigenvalue weighted by molar-refractivity contribution is 0.161. The van der Waals surface area contributed by atoms with E-state index >= 15 is 0 Å². The molecule has 0 aromatic heterocycles. The molecule has 0 amide bonds. The van der Waals surface area contributed by atoms with E-state index in [1.165, 1.54) is 0 Å². The molecule has 0 atom stereocenters. The van der Waals surface area contributed by atoms with Crippen molar-refractivity contribution in [1.29, 1.82) is 0 Å². The largest absolute Gasteiger partial charge is 0.473 e. The van der Waals surface area contributed by atoms with Gasteiger partial charge in [0.15, 0.2) is 5.60 Å². The Morgan fingerprint density at radius 2 is 1.13 bits per heavy atom. The molecule has 0 saturated heterocycles. The molecule has 1 heteroatoms. The zero-order chi connectivity index (χ0) is 20.2. The van der Waals surface area contributed by atoms with E-state index in [1.54, 1.807) is 0 Å². The Bertz CT molecular complexity index is 1200. The Morgan fingerprint density at radius 3 is 1.77 bits per heavy atom. The first kappa shape index (κ1) is 18.0. The molecule has 0 fully saturated rings. The summed E-state index contributed by atoms with van der Waals surface area (Å²) in [6, 6.07) is 36.9. The number of ether oxygens (including phenoxy) is 1. The minimum atomic E-state index is -0.646. The summed E-state index contributed by atoms with van der Waals surface area (Å²) in [5, 5.41) is 0. The third kappa shape index (κ3) is 3.41. The van der Waals surface area contributed by atoms with Crippen LogP contribution >= 0.6 is 0 Å². The molecular formula is C29H20O. The van der Waals surface area contributed by atoms with E-state index in [1.807, 2.05) is 54.6 Å². The average molecular weight is 384 g/mol. The number of hydrogen-bond acceptors (Lipinski definition) is 1. The van der Waals surface area contributed by atoms with Crippen molar-refractivity contribution in [1.82, 2.24) is 0 Å². The second kappa shape index (κ2) is 7.78. The highest BCUT2D eigenvalue weighted by molar-refractivity contribution is 5.66. The molecule has 0 aliphatic carbocycles. The van der Waals surface area contributed by atoms with Crippen LogP contribution in [0.15, 0.2) is 115 Å². The highest BCUT2D eigenvalue weighted by Gasteiger charge is 2.36. The predicted molar refractivity (Wildman–Crippen MR) is 122 cm³/mol. The fourth-order valence-corrected chi connectivity index (χ4v) is 3.78. The monoisotopic (exact) mass is 384 g/mol. The van der Waals surface area contributed by atoms with Crippen LogP contribution in [-0.2, 0) is 5.60 Å². The topological polar surface area (TPSA) is 9.23 Å². The Morgan fingerprint density at radius 1 is 0.567 bits per heavy atom. The third-order valence-corrected chi connectivity index (χ3v) is 5.31. The standard InChI is InChI=1S/C29H20O/c1-4-10-23(11-5-1)16-17-24-18-19-28-25(22-24)20-21-29(30-28,26-12-6-2-7-13-26)27-14-8-3-9-15-27/h1-15,18-22H. The van der Waals surface area contributed by atoms with E-state index in [0.29, 0.717) is 0 Å². The molecule has 0 saturated carbocycles. The summed E-state index contributed by atoms with van der Waals surface area (Å²) in [5.41, 5.74) is 4.58. The normalized spacial score (nSPS) is 13.5. The van der Waals surface area contributed by atoms with Gasteiger partial charge in [-0.15, -0.1) is 0 Å². The molecule has 4 aromatic carbocycles. The summed E-state index contributed by atoms with van der Waals surface area (Å²) < 4.78 is 6.67. The van der Waals surface area contributed by atoms with Crippen molar-refractivity contribution >= 4 is 6.08 Å². The van der Waals surface area contributed by atoms with Crippen molar-refractivity contribution in [3.8, 4) is 17.6 Å². The van der Waals surface area contributed by atoms with Crippen LogP contribution in [0.3, 0.4) is 0 Å². The number of benzene rings is 4. The summed E-state index contributed by atoms with van der Waals surface area (Å²) in [7, 11) is 0. The van der Waals surface area contributed by atoms with Crippen molar-refractivity contribution in [2.24, 2.45) is 0 Å². The summed E-state index contributed by atoms with van der Waals surface area (Å²) >= 11 is 0. The molecular weight excluding hydrogens is 364 g/mol. The molecule has 0 radical (unpaired) electrons. The second-order valence-electron chi connectivity index (χ2n) is 7.27. The van der Waals surface area contributed by atoms with Crippen LogP contribution < -0.4 is 4.74 Å². The first-order chi connectivity index (χ1) is 14.8. The Hall–Kier alpha value is -4.02. The van der Waals surface area contributed by atoms with Crippen molar-refractivity contribution in [2.75, 3.05) is 0 Å². The van der Waals surface area contributed by atoms with Gasteiger partial charge in [-0.2, -0.15) is 0 Å². The maximum Gasteiger partial charge on any atom is 0.178 e. The van der Waals surface area contributed by atoms with E-state index in [4.69, 9.17) is 4.74 Å². The summed E-state index contributed by atoms with van der Waals surface area (Å²) in [6.45, 7) is 0. The fourth-order valence-electron chi connectivity index (χ4n) is 3.78. The van der Waals surface area contributed by atoms with E-state index in [2.05, 4.69) is 78.6 Å². The fraction of sp³-hybridized carbons (Fsp3) is 0.0345. The third-order valence-electron chi connectivity index (χ3n) is 5.31. The second-order valence-corrected chi connectivity index (χ2v) is 7.27. The van der Waals surface area contributed by atoms with E-state index in [9.17, 15) is 0 Å². The van der Waals surface area contributed by atoms with E-state index in [-0.39, 0.29) is 0 Å². The zero-order valence-corrected chi connectivity index (χ0v) is 16.5. The van der Waals surface area contributed by atoms with Crippen molar-refractivity contribution in [2.45, 2.75) is 5.60 Å². The van der Waals surface area contributed by atoms with Crippen LogP contribution in [-0.4, -0.2) is 0 Å². The molecule has 0 spiro atoms. The van der Waals surface area contributed by atoms with Crippen LogP contribution in [0.2, 0.25) is 0 Å². The lowest BCUT2D eigenvalue weighted by atomic mass is 9.83. The molecule has 5 rings (SSSR count). The van der Waals surface area contributed by atoms with Gasteiger partial charge in [-0.3, -0.25) is 0 Å². The van der Waals surface area contributed by atoms with Crippen LogP contribution in [0.5, 0.6) is 5.75 Å². The summed E-state index contributed by atoms with van der Waals surface area (Å²) in [6.07, 6.45) is 4.29. The maximum absolute atomic E-state index is 6.67. The minimum absolute atomic E-state index is 0.646. The number of fused-ring (bicyclic) bond motifs is 1. The van der Waals surface area contributed by atoms with Crippen molar-refractivity contribution in [3.63, 3.8) is 0 Å². The molecule has 4 aromatic rings. The Labute approximate surface area is 177 Å². The highest BCUT2D eigenvalue weighted by Crippen LogP contribution is 2.42. The van der Waals surface area contributed by atoms with Gasteiger partial charge in [0.25, 0.3) is 0 Å². The van der Waals surface area contributed by atoms with Crippen LogP contribution in [0, 0.1) is 11.8 Å². The molecule has 0 bridgehead atoms. The Balaban J connectivity index is 1.54. The van der Waals surface area contributed by atoms with Crippen LogP contribution in [0.25, 0.3) is 6.08 Å². The predicted octanol–water partition coefficient (Wildman–Crippen LogP) is 6.44. The number of hydrogen-bond donors (Lipinski definition) is 0. The first-order valence-corrected chi connectivity index (χ1v) is 10.0. The lowest BCUT2D eigenvalue weighted by Crippen LogP contribution is -2.34. The first-order valence-electron chi connectivity index (χ1n) is 10.0. The van der Waals surface area contributed by atoms with Gasteiger partial charge in [0.2, 0.25) is 0 Å². The maximum atomic E-state index is 6.67. The highest BCUT2D eigenvalue weighted by atomic mass is 16.5. The number of rotatable bonds is 2. The van der Waals surface area contributed by atoms with Crippen molar-refractivity contribution < 1.29 is 4.74 Å². The van der Waals surface area contributed by atoms with Crippen molar-refractivity contribution in [3.05, 3.63) is 143 Å². The molecule has 0 unspecified atom stereocenters. The molecule has 1 nitrogen and oxygen atoms in total. The SMILES string of the molecule is C(#Cc1ccc2c(c1)C=CC(c1ccccc1)(c1ccccc1)O2)c1ccccc1. The van der Waals surface area contributed by atoms with Gasteiger partial charge >= 0.3 is 0 Å². The van der Waals surface area contributed by atoms with Gasteiger partial charge in [-0.25, -0.2) is 0 Å². The van der Waals surface area contributed by atoms with Gasteiger partial charge in [-0.1, -0.05) is 96.8 Å². The molecule has 1 aliphatic rings. The molecule has 30 heavy (non-hydrogen) atoms. The zero-order valence-electron chi connectivity index (χ0n) is 16.5. The van der Waals surface area contributed by atoms with Gasteiger partial charge in [0.1, 0.15) is 5.75 Å². The summed E-state index contributed by atoms with van der Waals surface area (Å²) in [5.74, 6) is 7.33. The molecule has 142 valence electrons. The van der Waals surface area contributed by atoms with Crippen LogP contribution in [0.4, 0.5) is 0 Å². The molecule has 1 aliphatic heterocycles. The van der Waals surface area contributed by atoms with E-state index < -0.39 is 5.60 Å². The molecule has 0 N–H and O–H groups in total. The average Bonchev–Trinajstić information content (AvgIpc) is 2.84. The lowest BCUT2D eigenvalue weighted by Gasteiger charge is -2.36. The molecule has 1 heterocycles.